The zero-order chi connectivity index (χ0) is 18.1. The molecule has 0 spiro atoms. The van der Waals surface area contributed by atoms with Crippen LogP contribution in [0.15, 0.2) is 48.7 Å². The molecule has 0 aliphatic carbocycles. The van der Waals surface area contributed by atoms with Gasteiger partial charge in [-0.1, -0.05) is 17.7 Å². The minimum Gasteiger partial charge on any atom is -0.508 e. The Morgan fingerprint density at radius 3 is 2.44 bits per heavy atom. The number of nitrogens with zero attached hydrogens (tertiary/aromatic N) is 3. The van der Waals surface area contributed by atoms with E-state index in [0.717, 1.165) is 11.3 Å². The summed E-state index contributed by atoms with van der Waals surface area (Å²) in [6.45, 7) is 1.98. The fraction of sp³-hybridized carbons (Fsp3) is 0.158. The minimum atomic E-state index is -0.376. The summed E-state index contributed by atoms with van der Waals surface area (Å²) in [6, 6.07) is 12.3. The van der Waals surface area contributed by atoms with Gasteiger partial charge in [0.05, 0.1) is 15.8 Å². The van der Waals surface area contributed by atoms with Gasteiger partial charge in [-0.05, 0) is 37.3 Å². The van der Waals surface area contributed by atoms with Crippen LogP contribution in [0, 0.1) is 17.0 Å². The minimum absolute atomic E-state index is 0.0219. The van der Waals surface area contributed by atoms with E-state index in [1.54, 1.807) is 29.0 Å². The van der Waals surface area contributed by atoms with Gasteiger partial charge in [-0.15, -0.1) is 0 Å². The Bertz CT molecular complexity index is 970. The largest absolute Gasteiger partial charge is 0.508 e. The lowest BCUT2D eigenvalue weighted by atomic mass is 10.2. The zero-order valence-electron chi connectivity index (χ0n) is 14.3. The van der Waals surface area contributed by atoms with Crippen molar-refractivity contribution < 1.29 is 10.0 Å². The molecule has 6 heteroatoms. The van der Waals surface area contributed by atoms with Crippen LogP contribution in [0.3, 0.4) is 0 Å². The van der Waals surface area contributed by atoms with Crippen LogP contribution in [-0.2, 0) is 0 Å². The lowest BCUT2D eigenvalue weighted by Crippen LogP contribution is -2.02. The molecule has 0 atom stereocenters. The Balaban J connectivity index is 2.42. The average molecular weight is 337 g/mol. The van der Waals surface area contributed by atoms with Gasteiger partial charge >= 0.3 is 5.69 Å². The van der Waals surface area contributed by atoms with Crippen LogP contribution in [0.5, 0.6) is 5.75 Å². The van der Waals surface area contributed by atoms with Crippen molar-refractivity contribution in [1.29, 1.82) is 0 Å². The third-order valence-corrected chi connectivity index (χ3v) is 3.97. The maximum Gasteiger partial charge on any atom is 0.302 e. The van der Waals surface area contributed by atoms with E-state index in [1.165, 1.54) is 6.07 Å². The van der Waals surface area contributed by atoms with Gasteiger partial charge in [0.2, 0.25) is 0 Å². The topological polar surface area (TPSA) is 71.5 Å². The Labute approximate surface area is 145 Å². The van der Waals surface area contributed by atoms with E-state index < -0.39 is 0 Å². The molecule has 0 aliphatic rings. The first-order valence-electron chi connectivity index (χ1n) is 7.82. The molecule has 0 radical (unpaired) electrons. The number of phenolic OH excluding ortho intramolecular Hbond substituents is 1. The number of benzene rings is 2. The van der Waals surface area contributed by atoms with Crippen LogP contribution >= 0.6 is 0 Å². The molecule has 0 aliphatic heterocycles. The number of hydrogen-bond donors (Lipinski definition) is 1. The van der Waals surface area contributed by atoms with Crippen LogP contribution in [0.2, 0.25) is 0 Å². The van der Waals surface area contributed by atoms with Gasteiger partial charge in [-0.25, -0.2) is 0 Å². The highest BCUT2D eigenvalue weighted by Gasteiger charge is 2.25. The van der Waals surface area contributed by atoms with Crippen LogP contribution in [0.1, 0.15) is 11.3 Å². The molecule has 0 amide bonds. The van der Waals surface area contributed by atoms with Gasteiger partial charge < -0.3 is 14.6 Å². The summed E-state index contributed by atoms with van der Waals surface area (Å²) in [5, 5.41) is 22.1. The first kappa shape index (κ1) is 16.6. The van der Waals surface area contributed by atoms with Crippen molar-refractivity contribution in [1.82, 2.24) is 9.47 Å². The SMILES string of the molecule is Cc1ccc(-n2c(/C=C/N(C)C)c([N+](=O)[O-])c3ccc(O)cc32)cc1. The Morgan fingerprint density at radius 1 is 1.16 bits per heavy atom. The smallest absolute Gasteiger partial charge is 0.302 e. The van der Waals surface area contributed by atoms with E-state index in [0.29, 0.717) is 16.6 Å². The molecular weight excluding hydrogens is 318 g/mol. The van der Waals surface area contributed by atoms with Gasteiger partial charge in [0.15, 0.2) is 0 Å². The fourth-order valence-electron chi connectivity index (χ4n) is 2.82. The Morgan fingerprint density at radius 2 is 1.84 bits per heavy atom. The van der Waals surface area contributed by atoms with Crippen molar-refractivity contribution in [3.05, 3.63) is 70.0 Å². The number of aromatic hydroxyl groups is 1. The Hall–Kier alpha value is -3.28. The van der Waals surface area contributed by atoms with Crippen molar-refractivity contribution in [2.24, 2.45) is 0 Å². The number of aromatic nitrogens is 1. The van der Waals surface area contributed by atoms with Gasteiger partial charge in [0, 0.05) is 32.0 Å². The van der Waals surface area contributed by atoms with E-state index in [1.807, 2.05) is 50.2 Å². The number of phenols is 1. The lowest BCUT2D eigenvalue weighted by Gasteiger charge is -2.10. The second-order valence-corrected chi connectivity index (χ2v) is 6.14. The van der Waals surface area contributed by atoms with Gasteiger partial charge in [-0.2, -0.15) is 0 Å². The van der Waals surface area contributed by atoms with E-state index >= 15 is 0 Å². The second kappa shape index (κ2) is 6.32. The van der Waals surface area contributed by atoms with E-state index in [-0.39, 0.29) is 16.4 Å². The molecular formula is C19H19N3O3. The molecule has 0 saturated heterocycles. The molecule has 3 rings (SSSR count). The number of aryl methyl sites for hydroxylation is 1. The van der Waals surface area contributed by atoms with Crippen molar-refractivity contribution >= 4 is 22.7 Å². The molecule has 1 N–H and O–H groups in total. The molecule has 128 valence electrons. The summed E-state index contributed by atoms with van der Waals surface area (Å²) in [7, 11) is 3.71. The summed E-state index contributed by atoms with van der Waals surface area (Å²) in [5.41, 5.74) is 2.97. The highest BCUT2D eigenvalue weighted by Crippen LogP contribution is 2.37. The fourth-order valence-corrected chi connectivity index (χ4v) is 2.82. The van der Waals surface area contributed by atoms with Crippen molar-refractivity contribution in [3.63, 3.8) is 0 Å². The number of nitro groups is 1. The third kappa shape index (κ3) is 3.06. The molecule has 2 aromatic carbocycles. The quantitative estimate of drug-likeness (QED) is 0.575. The highest BCUT2D eigenvalue weighted by molar-refractivity contribution is 5.96. The molecule has 6 nitrogen and oxygen atoms in total. The molecule has 0 unspecified atom stereocenters. The zero-order valence-corrected chi connectivity index (χ0v) is 14.3. The summed E-state index contributed by atoms with van der Waals surface area (Å²) in [4.78, 5) is 13.2. The lowest BCUT2D eigenvalue weighted by molar-refractivity contribution is -0.383. The summed E-state index contributed by atoms with van der Waals surface area (Å²) in [6.07, 6.45) is 3.49. The molecule has 1 heterocycles. The molecule has 0 fully saturated rings. The maximum absolute atomic E-state index is 11.7. The van der Waals surface area contributed by atoms with Crippen LogP contribution in [0.4, 0.5) is 5.69 Å². The van der Waals surface area contributed by atoms with Gasteiger partial charge in [0.1, 0.15) is 11.4 Å². The van der Waals surface area contributed by atoms with Crippen LogP contribution in [-0.4, -0.2) is 33.6 Å². The highest BCUT2D eigenvalue weighted by atomic mass is 16.6. The van der Waals surface area contributed by atoms with Gasteiger partial charge in [0.25, 0.3) is 0 Å². The van der Waals surface area contributed by atoms with E-state index in [2.05, 4.69) is 0 Å². The summed E-state index contributed by atoms with van der Waals surface area (Å²) in [5.74, 6) is 0.0661. The van der Waals surface area contributed by atoms with Crippen LogP contribution < -0.4 is 0 Å². The predicted octanol–water partition coefficient (Wildman–Crippen LogP) is 4.09. The van der Waals surface area contributed by atoms with E-state index in [9.17, 15) is 15.2 Å². The average Bonchev–Trinajstić information content (AvgIpc) is 2.87. The van der Waals surface area contributed by atoms with Crippen molar-refractivity contribution in [2.75, 3.05) is 14.1 Å². The summed E-state index contributed by atoms with van der Waals surface area (Å²) >= 11 is 0. The number of rotatable bonds is 4. The van der Waals surface area contributed by atoms with Crippen molar-refractivity contribution in [2.45, 2.75) is 6.92 Å². The molecule has 0 saturated carbocycles. The standard InChI is InChI=1S/C19H19N3O3/c1-13-4-6-14(7-5-13)21-17(10-11-20(2)3)19(22(24)25)16-9-8-15(23)12-18(16)21/h4-12,23H,1-3H3/b11-10+. The maximum atomic E-state index is 11.7. The van der Waals surface area contributed by atoms with Crippen LogP contribution in [0.25, 0.3) is 22.7 Å². The molecule has 3 aromatic rings. The third-order valence-electron chi connectivity index (χ3n) is 3.97. The van der Waals surface area contributed by atoms with E-state index in [4.69, 9.17) is 0 Å². The molecule has 1 aromatic heterocycles. The Kier molecular flexibility index (Phi) is 4.19. The van der Waals surface area contributed by atoms with Crippen molar-refractivity contribution in [3.8, 4) is 11.4 Å². The predicted molar refractivity (Wildman–Crippen MR) is 99.1 cm³/mol. The first-order chi connectivity index (χ1) is 11.9. The normalized spacial score (nSPS) is 11.3. The number of hydrogen-bond acceptors (Lipinski definition) is 4. The number of fused-ring (bicyclic) bond motifs is 1. The second-order valence-electron chi connectivity index (χ2n) is 6.14. The molecule has 25 heavy (non-hydrogen) atoms. The molecule has 0 bridgehead atoms. The van der Waals surface area contributed by atoms with Gasteiger partial charge in [-0.3, -0.25) is 10.1 Å². The first-order valence-corrected chi connectivity index (χ1v) is 7.82. The monoisotopic (exact) mass is 337 g/mol. The summed E-state index contributed by atoms with van der Waals surface area (Å²) < 4.78 is 1.80.